The fourth-order valence-corrected chi connectivity index (χ4v) is 7.53. The Bertz CT molecular complexity index is 1440. The van der Waals surface area contributed by atoms with Crippen molar-refractivity contribution in [3.8, 4) is 11.5 Å². The molecule has 13 heteroatoms. The Hall–Kier alpha value is -4.26. The summed E-state index contributed by atoms with van der Waals surface area (Å²) < 4.78 is 17.7. The maximum absolute atomic E-state index is 12.3. The van der Waals surface area contributed by atoms with Gasteiger partial charge in [0.05, 0.1) is 6.42 Å². The van der Waals surface area contributed by atoms with Crippen LogP contribution in [0.4, 0.5) is 0 Å². The lowest BCUT2D eigenvalue weighted by Crippen LogP contribution is -2.66. The highest BCUT2D eigenvalue weighted by Gasteiger charge is 2.65. The van der Waals surface area contributed by atoms with Crippen LogP contribution in [0.1, 0.15) is 63.5 Å². The molecule has 1 spiro atoms. The van der Waals surface area contributed by atoms with Crippen molar-refractivity contribution in [2.24, 2.45) is 5.92 Å². The quantitative estimate of drug-likeness (QED) is 0.134. The zero-order valence-corrected chi connectivity index (χ0v) is 24.7. The van der Waals surface area contributed by atoms with Gasteiger partial charge in [-0.05, 0) is 43.5 Å². The van der Waals surface area contributed by atoms with E-state index < -0.39 is 47.3 Å². The fraction of sp³-hybridized carbons (Fsp3) is 0.548. The molecule has 1 N–H and O–H groups in total. The van der Waals surface area contributed by atoms with E-state index in [0.29, 0.717) is 29.5 Å². The average molecular weight is 610 g/mol. The predicted molar refractivity (Wildman–Crippen MR) is 150 cm³/mol. The van der Waals surface area contributed by atoms with Crippen LogP contribution in [0.15, 0.2) is 24.3 Å². The summed E-state index contributed by atoms with van der Waals surface area (Å²) in [5.41, 5.74) is 1.74. The van der Waals surface area contributed by atoms with Gasteiger partial charge >= 0.3 is 17.9 Å². The molecule has 2 aliphatic carbocycles. The lowest BCUT2D eigenvalue weighted by molar-refractivity contribution is -0.197. The molecular formula is C31H35N3O10. The highest BCUT2D eigenvalue weighted by Crippen LogP contribution is 2.63. The molecule has 0 aromatic heterocycles. The van der Waals surface area contributed by atoms with Crippen molar-refractivity contribution in [1.82, 2.24) is 15.3 Å². The largest absolute Gasteiger partial charge is 0.481 e. The zero-order valence-electron chi connectivity index (χ0n) is 24.7. The van der Waals surface area contributed by atoms with E-state index in [1.54, 1.807) is 6.07 Å². The fourth-order valence-electron chi connectivity index (χ4n) is 7.53. The van der Waals surface area contributed by atoms with Gasteiger partial charge in [-0.25, -0.2) is 4.79 Å². The molecule has 0 saturated carbocycles. The van der Waals surface area contributed by atoms with Crippen molar-refractivity contribution in [2.45, 2.75) is 82.5 Å². The van der Waals surface area contributed by atoms with Crippen molar-refractivity contribution in [3.63, 3.8) is 0 Å². The number of hydrogen-bond donors (Lipinski definition) is 1. The van der Waals surface area contributed by atoms with Gasteiger partial charge < -0.3 is 24.4 Å². The van der Waals surface area contributed by atoms with Crippen LogP contribution >= 0.6 is 0 Å². The lowest BCUT2D eigenvalue weighted by atomic mass is 9.53. The van der Waals surface area contributed by atoms with Gasteiger partial charge in [-0.1, -0.05) is 12.1 Å². The number of piperidine rings is 1. The third-order valence-electron chi connectivity index (χ3n) is 9.21. The van der Waals surface area contributed by atoms with E-state index in [-0.39, 0.29) is 43.6 Å². The molecule has 2 bridgehead atoms. The monoisotopic (exact) mass is 609 g/mol. The van der Waals surface area contributed by atoms with Crippen LogP contribution in [0.3, 0.4) is 0 Å². The standard InChI is InChI=1S/C31H35N3O10/c1-17(35)41-22-6-4-19-16-21-20-5-7-23(42-18(2)36)30-31(20,28(19)29(22)43-30)12-15-33(21)14-3-13-32-24(37)8-11-27(40)44-34-25(38)9-10-26(34)39/h4-7,20-21,23,30H,3,8-16H2,1-2H3,(H,32,37)/t20-,21?,23-,30-,31-/m0/s1. The number of nitrogens with zero attached hydrogens (tertiary/aromatic N) is 2. The molecule has 5 atom stereocenters. The molecule has 44 heavy (non-hydrogen) atoms. The van der Waals surface area contributed by atoms with Crippen molar-refractivity contribution in [1.29, 1.82) is 0 Å². The summed E-state index contributed by atoms with van der Waals surface area (Å²) in [5.74, 6) is -2.05. The summed E-state index contributed by atoms with van der Waals surface area (Å²) in [6.45, 7) is 4.65. The highest BCUT2D eigenvalue weighted by atomic mass is 16.7. The molecule has 0 radical (unpaired) electrons. The van der Waals surface area contributed by atoms with Crippen LogP contribution in [0.25, 0.3) is 0 Å². The number of imide groups is 1. The Morgan fingerprint density at radius 3 is 2.55 bits per heavy atom. The summed E-state index contributed by atoms with van der Waals surface area (Å²) in [6, 6.07) is 3.92. The minimum atomic E-state index is -0.808. The summed E-state index contributed by atoms with van der Waals surface area (Å²) in [6.07, 6.45) is 4.92. The third kappa shape index (κ3) is 5.23. The van der Waals surface area contributed by atoms with Crippen LogP contribution < -0.4 is 14.8 Å². The number of amides is 3. The molecule has 3 aliphatic heterocycles. The summed E-state index contributed by atoms with van der Waals surface area (Å²) in [7, 11) is 0. The Kier molecular flexibility index (Phi) is 7.91. The molecule has 1 aromatic carbocycles. The smallest absolute Gasteiger partial charge is 0.333 e. The summed E-state index contributed by atoms with van der Waals surface area (Å²) >= 11 is 0. The highest BCUT2D eigenvalue weighted by molar-refractivity contribution is 6.01. The van der Waals surface area contributed by atoms with Gasteiger partial charge in [0.15, 0.2) is 17.6 Å². The van der Waals surface area contributed by atoms with Gasteiger partial charge in [-0.15, -0.1) is 5.06 Å². The van der Waals surface area contributed by atoms with Crippen molar-refractivity contribution < 1.29 is 47.8 Å². The number of hydrogen-bond acceptors (Lipinski definition) is 11. The van der Waals surface area contributed by atoms with Crippen molar-refractivity contribution >= 4 is 35.6 Å². The predicted octanol–water partition coefficient (Wildman–Crippen LogP) is 1.25. The third-order valence-corrected chi connectivity index (χ3v) is 9.21. The van der Waals surface area contributed by atoms with E-state index in [0.717, 1.165) is 37.1 Å². The number of carbonyl (C=O) groups is 6. The molecule has 13 nitrogen and oxygen atoms in total. The minimum absolute atomic E-state index is 0.0101. The molecule has 3 amide bonds. The van der Waals surface area contributed by atoms with Gasteiger partial charge in [-0.2, -0.15) is 0 Å². The maximum Gasteiger partial charge on any atom is 0.333 e. The van der Waals surface area contributed by atoms with E-state index in [4.69, 9.17) is 19.0 Å². The molecule has 3 heterocycles. The van der Waals surface area contributed by atoms with E-state index in [1.165, 1.54) is 13.8 Å². The van der Waals surface area contributed by atoms with E-state index in [1.807, 2.05) is 12.1 Å². The number of likely N-dealkylation sites (tertiary alicyclic amines) is 1. The van der Waals surface area contributed by atoms with Crippen LogP contribution in [-0.2, 0) is 50.2 Å². The Morgan fingerprint density at radius 1 is 1.05 bits per heavy atom. The van der Waals surface area contributed by atoms with E-state index in [9.17, 15) is 28.8 Å². The van der Waals surface area contributed by atoms with Crippen LogP contribution in [0, 0.1) is 5.92 Å². The van der Waals surface area contributed by atoms with Crippen LogP contribution in [0.5, 0.6) is 11.5 Å². The van der Waals surface area contributed by atoms with Gasteiger partial charge in [0.1, 0.15) is 6.10 Å². The topological polar surface area (TPSA) is 158 Å². The summed E-state index contributed by atoms with van der Waals surface area (Å²) in [5, 5.41) is 3.31. The van der Waals surface area contributed by atoms with E-state index >= 15 is 0 Å². The first-order chi connectivity index (χ1) is 21.1. The first kappa shape index (κ1) is 29.8. The molecule has 1 aromatic rings. The first-order valence-corrected chi connectivity index (χ1v) is 15.0. The number of benzene rings is 1. The van der Waals surface area contributed by atoms with Crippen molar-refractivity contribution in [2.75, 3.05) is 19.6 Å². The molecule has 1 unspecified atom stereocenters. The van der Waals surface area contributed by atoms with Gasteiger partial charge in [0, 0.05) is 69.1 Å². The normalized spacial score (nSPS) is 27.8. The SMILES string of the molecule is CC(=O)Oc1ccc2c3c1O[C@H]1[C@@H](OC(C)=O)C=C[C@H]4C(C2)N(CCCNC(=O)CCC(=O)ON2C(=O)CCC2=O)CC[C@@]341. The number of nitrogens with one attached hydrogen (secondary N) is 1. The zero-order chi connectivity index (χ0) is 31.2. The molecule has 6 rings (SSSR count). The molecule has 234 valence electrons. The van der Waals surface area contributed by atoms with Crippen LogP contribution in [0.2, 0.25) is 0 Å². The first-order valence-electron chi connectivity index (χ1n) is 15.0. The van der Waals surface area contributed by atoms with Gasteiger partial charge in [0.2, 0.25) is 5.91 Å². The molecule has 2 saturated heterocycles. The lowest BCUT2D eigenvalue weighted by Gasteiger charge is -2.57. The molecule has 2 fully saturated rings. The molecule has 5 aliphatic rings. The second-order valence-corrected chi connectivity index (χ2v) is 11.9. The number of rotatable bonds is 10. The van der Waals surface area contributed by atoms with Crippen LogP contribution in [-0.4, -0.2) is 83.5 Å². The average Bonchev–Trinajstić information content (AvgIpc) is 3.48. The summed E-state index contributed by atoms with van der Waals surface area (Å²) in [4.78, 5) is 78.5. The molecular weight excluding hydrogens is 574 g/mol. The van der Waals surface area contributed by atoms with Crippen molar-refractivity contribution in [3.05, 3.63) is 35.4 Å². The Balaban J connectivity index is 1.08. The number of esters is 2. The number of carbonyl (C=O) groups excluding carboxylic acids is 6. The van der Waals surface area contributed by atoms with E-state index in [2.05, 4.69) is 16.3 Å². The van der Waals surface area contributed by atoms with Gasteiger partial charge in [0.25, 0.3) is 11.8 Å². The second-order valence-electron chi connectivity index (χ2n) is 11.9. The second kappa shape index (κ2) is 11.7. The number of ether oxygens (including phenoxy) is 3. The Morgan fingerprint density at radius 2 is 1.82 bits per heavy atom. The maximum atomic E-state index is 12.3. The van der Waals surface area contributed by atoms with Gasteiger partial charge in [-0.3, -0.25) is 28.9 Å². The number of hydroxylamine groups is 2. The minimum Gasteiger partial charge on any atom is -0.481 e. The Labute approximate surface area is 253 Å².